The zero-order chi connectivity index (χ0) is 9.84. The van der Waals surface area contributed by atoms with Crippen molar-refractivity contribution >= 4 is 17.6 Å². The Morgan fingerprint density at radius 1 is 1.85 bits per heavy atom. The van der Waals surface area contributed by atoms with E-state index in [0.29, 0.717) is 12.2 Å². The van der Waals surface area contributed by atoms with E-state index in [0.717, 1.165) is 0 Å². The van der Waals surface area contributed by atoms with E-state index in [1.165, 1.54) is 0 Å². The molecule has 72 valence electrons. The van der Waals surface area contributed by atoms with Gasteiger partial charge in [0.15, 0.2) is 5.38 Å². The molecule has 0 bridgehead atoms. The highest BCUT2D eigenvalue weighted by atomic mass is 35.5. The summed E-state index contributed by atoms with van der Waals surface area (Å²) in [4.78, 5) is 11.2. The van der Waals surface area contributed by atoms with Crippen LogP contribution in [0, 0.1) is 0 Å². The molecular weight excluding hydrogens is 192 g/mol. The van der Waals surface area contributed by atoms with Crippen LogP contribution < -0.4 is 0 Å². The number of carbonyl (C=O) groups excluding carboxylic acids is 1. The molecule has 0 N–H and O–H groups in total. The van der Waals surface area contributed by atoms with Crippen molar-refractivity contribution in [2.45, 2.75) is 12.3 Å². The Labute approximate surface area is 81.4 Å². The molecule has 0 radical (unpaired) electrons. The summed E-state index contributed by atoms with van der Waals surface area (Å²) in [6, 6.07) is 0. The summed E-state index contributed by atoms with van der Waals surface area (Å²) in [6.45, 7) is 2.08. The van der Waals surface area contributed by atoms with E-state index in [2.05, 4.69) is 5.10 Å². The molecule has 1 aromatic heterocycles. The Morgan fingerprint density at radius 2 is 2.54 bits per heavy atom. The van der Waals surface area contributed by atoms with Gasteiger partial charge in [0.25, 0.3) is 0 Å². The highest BCUT2D eigenvalue weighted by Gasteiger charge is 2.19. The van der Waals surface area contributed by atoms with E-state index in [9.17, 15) is 4.79 Å². The smallest absolute Gasteiger partial charge is 0.328 e. The second-order valence-electron chi connectivity index (χ2n) is 2.56. The first kappa shape index (κ1) is 10.1. The average Bonchev–Trinajstić information content (AvgIpc) is 2.51. The third kappa shape index (κ3) is 2.45. The second kappa shape index (κ2) is 4.28. The van der Waals surface area contributed by atoms with Crippen LogP contribution in [0.4, 0.5) is 0 Å². The van der Waals surface area contributed by atoms with E-state index in [1.54, 1.807) is 31.0 Å². The highest BCUT2D eigenvalue weighted by Crippen LogP contribution is 2.20. The van der Waals surface area contributed by atoms with Gasteiger partial charge in [-0.05, 0) is 6.92 Å². The van der Waals surface area contributed by atoms with Gasteiger partial charge in [0, 0.05) is 18.8 Å². The molecule has 4 nitrogen and oxygen atoms in total. The van der Waals surface area contributed by atoms with Gasteiger partial charge in [-0.1, -0.05) is 0 Å². The van der Waals surface area contributed by atoms with Gasteiger partial charge in [-0.3, -0.25) is 9.48 Å². The van der Waals surface area contributed by atoms with Gasteiger partial charge < -0.3 is 4.74 Å². The minimum absolute atomic E-state index is 0.336. The topological polar surface area (TPSA) is 44.1 Å². The number of carbonyl (C=O) groups is 1. The van der Waals surface area contributed by atoms with Crippen molar-refractivity contribution in [1.82, 2.24) is 9.78 Å². The molecule has 0 saturated heterocycles. The summed E-state index contributed by atoms with van der Waals surface area (Å²) in [5, 5.41) is 3.15. The van der Waals surface area contributed by atoms with Crippen LogP contribution in [-0.4, -0.2) is 22.4 Å². The van der Waals surface area contributed by atoms with Gasteiger partial charge in [-0.25, -0.2) is 0 Å². The summed E-state index contributed by atoms with van der Waals surface area (Å²) >= 11 is 5.82. The molecule has 1 atom stereocenters. The van der Waals surface area contributed by atoms with E-state index >= 15 is 0 Å². The first-order valence-electron chi connectivity index (χ1n) is 3.94. The Balaban J connectivity index is 2.67. The summed E-state index contributed by atoms with van der Waals surface area (Å²) in [6.07, 6.45) is 3.24. The summed E-state index contributed by atoms with van der Waals surface area (Å²) in [7, 11) is 1.76. The predicted octanol–water partition coefficient (Wildman–Crippen LogP) is 1.26. The monoisotopic (exact) mass is 202 g/mol. The predicted molar refractivity (Wildman–Crippen MR) is 48.4 cm³/mol. The summed E-state index contributed by atoms with van der Waals surface area (Å²) in [5.74, 6) is -0.433. The molecule has 1 aromatic rings. The van der Waals surface area contributed by atoms with Gasteiger partial charge >= 0.3 is 5.97 Å². The normalized spacial score (nSPS) is 12.5. The molecule has 0 aliphatic rings. The van der Waals surface area contributed by atoms with Gasteiger partial charge in [-0.15, -0.1) is 11.6 Å². The highest BCUT2D eigenvalue weighted by molar-refractivity contribution is 6.29. The number of hydrogen-bond acceptors (Lipinski definition) is 3. The van der Waals surface area contributed by atoms with Gasteiger partial charge in [0.1, 0.15) is 0 Å². The first-order valence-corrected chi connectivity index (χ1v) is 4.38. The van der Waals surface area contributed by atoms with E-state index < -0.39 is 11.3 Å². The fourth-order valence-corrected chi connectivity index (χ4v) is 1.10. The molecule has 13 heavy (non-hydrogen) atoms. The van der Waals surface area contributed by atoms with Crippen LogP contribution in [0.25, 0.3) is 0 Å². The van der Waals surface area contributed by atoms with Crippen molar-refractivity contribution in [2.24, 2.45) is 7.05 Å². The van der Waals surface area contributed by atoms with Crippen LogP contribution in [0.3, 0.4) is 0 Å². The number of aryl methyl sites for hydroxylation is 1. The molecule has 0 aliphatic heterocycles. The summed E-state index contributed by atoms with van der Waals surface area (Å²) < 4.78 is 6.35. The standard InChI is InChI=1S/C8H11ClN2O2/c1-3-13-8(12)7(9)6-4-10-11(2)5-6/h4-5,7H,3H2,1-2H3. The number of nitrogens with zero attached hydrogens (tertiary/aromatic N) is 2. The van der Waals surface area contributed by atoms with Crippen LogP contribution in [0.2, 0.25) is 0 Å². The molecule has 0 aromatic carbocycles. The van der Waals surface area contributed by atoms with E-state index in [4.69, 9.17) is 16.3 Å². The largest absolute Gasteiger partial charge is 0.465 e. The Bertz CT molecular complexity index is 298. The van der Waals surface area contributed by atoms with Crippen LogP contribution in [0.5, 0.6) is 0 Å². The third-order valence-corrected chi connectivity index (χ3v) is 1.94. The van der Waals surface area contributed by atoms with Gasteiger partial charge in [0.05, 0.1) is 12.8 Å². The number of aromatic nitrogens is 2. The molecule has 1 heterocycles. The number of esters is 1. The van der Waals surface area contributed by atoms with Gasteiger partial charge in [0.2, 0.25) is 0 Å². The molecule has 0 amide bonds. The van der Waals surface area contributed by atoms with Crippen molar-refractivity contribution in [3.63, 3.8) is 0 Å². The number of rotatable bonds is 3. The maximum Gasteiger partial charge on any atom is 0.328 e. The van der Waals surface area contributed by atoms with Crippen molar-refractivity contribution in [1.29, 1.82) is 0 Å². The average molecular weight is 203 g/mol. The van der Waals surface area contributed by atoms with Crippen molar-refractivity contribution in [3.05, 3.63) is 18.0 Å². The lowest BCUT2D eigenvalue weighted by atomic mass is 10.2. The number of ether oxygens (including phenoxy) is 1. The molecular formula is C8H11ClN2O2. The third-order valence-electron chi connectivity index (χ3n) is 1.51. The molecule has 0 saturated carbocycles. The van der Waals surface area contributed by atoms with Crippen LogP contribution >= 0.6 is 11.6 Å². The maximum atomic E-state index is 11.2. The second-order valence-corrected chi connectivity index (χ2v) is 3.00. The van der Waals surface area contributed by atoms with Crippen molar-refractivity contribution in [2.75, 3.05) is 6.61 Å². The van der Waals surface area contributed by atoms with E-state index in [1.807, 2.05) is 0 Å². The molecule has 0 spiro atoms. The summed E-state index contributed by atoms with van der Waals surface area (Å²) in [5.41, 5.74) is 0.655. The quantitative estimate of drug-likeness (QED) is 0.548. The molecule has 5 heteroatoms. The first-order chi connectivity index (χ1) is 6.15. The fraction of sp³-hybridized carbons (Fsp3) is 0.500. The molecule has 0 fully saturated rings. The maximum absolute atomic E-state index is 11.2. The minimum Gasteiger partial charge on any atom is -0.465 e. The number of alkyl halides is 1. The zero-order valence-corrected chi connectivity index (χ0v) is 8.28. The van der Waals surface area contributed by atoms with Crippen molar-refractivity contribution in [3.8, 4) is 0 Å². The van der Waals surface area contributed by atoms with Crippen LogP contribution in [-0.2, 0) is 16.6 Å². The van der Waals surface area contributed by atoms with E-state index in [-0.39, 0.29) is 0 Å². The van der Waals surface area contributed by atoms with Crippen LogP contribution in [0.1, 0.15) is 17.9 Å². The molecule has 1 rings (SSSR count). The lowest BCUT2D eigenvalue weighted by Gasteiger charge is -2.05. The Morgan fingerprint density at radius 3 is 3.00 bits per heavy atom. The number of halogens is 1. The minimum atomic E-state index is -0.756. The van der Waals surface area contributed by atoms with Crippen molar-refractivity contribution < 1.29 is 9.53 Å². The lowest BCUT2D eigenvalue weighted by molar-refractivity contribution is -0.142. The fourth-order valence-electron chi connectivity index (χ4n) is 0.923. The molecule has 1 unspecified atom stereocenters. The lowest BCUT2D eigenvalue weighted by Crippen LogP contribution is -2.10. The Kier molecular flexibility index (Phi) is 3.31. The Hall–Kier alpha value is -1.03. The molecule has 0 aliphatic carbocycles. The van der Waals surface area contributed by atoms with Crippen LogP contribution in [0.15, 0.2) is 12.4 Å². The SMILES string of the molecule is CCOC(=O)C(Cl)c1cnn(C)c1. The number of hydrogen-bond donors (Lipinski definition) is 0. The zero-order valence-electron chi connectivity index (χ0n) is 7.53. The van der Waals surface area contributed by atoms with Gasteiger partial charge in [-0.2, -0.15) is 5.10 Å².